The van der Waals surface area contributed by atoms with Crippen molar-refractivity contribution in [2.24, 2.45) is 0 Å². The molecule has 2 N–H and O–H groups in total. The second-order valence-corrected chi connectivity index (χ2v) is 5.77. The number of benzene rings is 2. The standard InChI is InChI=1S/C13H12N2O4.C7H6O/c1-19-9-3-5-10-8(6-9)2-4-11(15-10)13(18)14-7-12(16)17;1-2-6-4-7(3-1)8-5-6/h2-6H,7H2,1H3,(H,14,18)(H,16,17);1-4H,5H2. The molecule has 0 aliphatic carbocycles. The fourth-order valence-electron chi connectivity index (χ4n) is 2.50. The Hall–Kier alpha value is -3.61. The first-order valence-corrected chi connectivity index (χ1v) is 8.21. The predicted octanol–water partition coefficient (Wildman–Crippen LogP) is 2.64. The monoisotopic (exact) mass is 366 g/mol. The molecule has 1 aliphatic heterocycles. The summed E-state index contributed by atoms with van der Waals surface area (Å²) in [5.74, 6) is 0.0962. The first kappa shape index (κ1) is 18.2. The lowest BCUT2D eigenvalue weighted by molar-refractivity contribution is -0.135. The molecule has 7 heteroatoms. The zero-order valence-electron chi connectivity index (χ0n) is 14.6. The number of nitrogens with one attached hydrogen (secondary N) is 1. The van der Waals surface area contributed by atoms with E-state index in [1.165, 1.54) is 5.56 Å². The van der Waals surface area contributed by atoms with Crippen LogP contribution in [0.15, 0.2) is 54.6 Å². The third kappa shape index (κ3) is 4.72. The van der Waals surface area contributed by atoms with Gasteiger partial charge in [-0.3, -0.25) is 9.59 Å². The molecule has 0 atom stereocenters. The number of fused-ring (bicyclic) bond motifs is 3. The normalized spacial score (nSPS) is 11.1. The number of rotatable bonds is 4. The number of pyridine rings is 1. The molecular weight excluding hydrogens is 348 g/mol. The summed E-state index contributed by atoms with van der Waals surface area (Å²) in [6, 6.07) is 16.7. The summed E-state index contributed by atoms with van der Waals surface area (Å²) in [5.41, 5.74) is 2.10. The van der Waals surface area contributed by atoms with Gasteiger partial charge in [-0.25, -0.2) is 4.98 Å². The Morgan fingerprint density at radius 1 is 1.19 bits per heavy atom. The van der Waals surface area contributed by atoms with Gasteiger partial charge in [-0.1, -0.05) is 18.2 Å². The Morgan fingerprint density at radius 3 is 2.74 bits per heavy atom. The van der Waals surface area contributed by atoms with Gasteiger partial charge in [-0.05, 0) is 42.0 Å². The van der Waals surface area contributed by atoms with Crippen molar-refractivity contribution in [1.82, 2.24) is 10.3 Å². The molecule has 0 saturated heterocycles. The maximum absolute atomic E-state index is 11.7. The SMILES string of the molecule is COc1ccc2nc(C(=O)NCC(=O)O)ccc2c1.c1cc2cc(c1)OC2. The van der Waals surface area contributed by atoms with E-state index in [0.717, 1.165) is 17.7 Å². The highest BCUT2D eigenvalue weighted by Gasteiger charge is 2.09. The average Bonchev–Trinajstić information content (AvgIpc) is 3.03. The number of hydrogen-bond acceptors (Lipinski definition) is 5. The lowest BCUT2D eigenvalue weighted by Gasteiger charge is -2.05. The number of carboxylic acids is 1. The number of nitrogens with zero attached hydrogens (tertiary/aromatic N) is 1. The van der Waals surface area contributed by atoms with E-state index in [9.17, 15) is 9.59 Å². The van der Waals surface area contributed by atoms with Crippen molar-refractivity contribution in [2.75, 3.05) is 13.7 Å². The second kappa shape index (κ2) is 8.18. The Labute approximate surface area is 155 Å². The number of amides is 1. The lowest BCUT2D eigenvalue weighted by atomic mass is 10.2. The molecule has 0 unspecified atom stereocenters. The summed E-state index contributed by atoms with van der Waals surface area (Å²) in [7, 11) is 1.57. The molecule has 2 bridgehead atoms. The third-order valence-electron chi connectivity index (χ3n) is 3.83. The molecule has 7 nitrogen and oxygen atoms in total. The van der Waals surface area contributed by atoms with Crippen LogP contribution in [0.3, 0.4) is 0 Å². The van der Waals surface area contributed by atoms with Crippen molar-refractivity contribution >= 4 is 22.8 Å². The van der Waals surface area contributed by atoms with Crippen molar-refractivity contribution in [3.63, 3.8) is 0 Å². The van der Waals surface area contributed by atoms with Crippen molar-refractivity contribution in [3.8, 4) is 11.5 Å². The number of aromatic nitrogens is 1. The lowest BCUT2D eigenvalue weighted by Crippen LogP contribution is -2.29. The molecule has 0 spiro atoms. The molecule has 3 aromatic rings. The quantitative estimate of drug-likeness (QED) is 0.737. The minimum Gasteiger partial charge on any atom is -0.497 e. The largest absolute Gasteiger partial charge is 0.497 e. The Kier molecular flexibility index (Phi) is 5.51. The average molecular weight is 366 g/mol. The van der Waals surface area contributed by atoms with Crippen LogP contribution in [-0.2, 0) is 11.4 Å². The Bertz CT molecular complexity index is 968. The van der Waals surface area contributed by atoms with Crippen molar-refractivity contribution < 1.29 is 24.2 Å². The molecule has 1 aliphatic rings. The zero-order valence-corrected chi connectivity index (χ0v) is 14.6. The van der Waals surface area contributed by atoms with E-state index in [1.54, 1.807) is 37.4 Å². The van der Waals surface area contributed by atoms with Gasteiger partial charge in [0.25, 0.3) is 5.91 Å². The summed E-state index contributed by atoms with van der Waals surface area (Å²) in [5, 5.41) is 11.6. The molecular formula is C20H18N2O5. The number of aliphatic carboxylic acids is 1. The van der Waals surface area contributed by atoms with Gasteiger partial charge in [0, 0.05) is 5.39 Å². The molecule has 138 valence electrons. The molecule has 27 heavy (non-hydrogen) atoms. The van der Waals surface area contributed by atoms with E-state index in [1.807, 2.05) is 12.1 Å². The van der Waals surface area contributed by atoms with Gasteiger partial charge in [0.1, 0.15) is 30.3 Å². The van der Waals surface area contributed by atoms with Crippen molar-refractivity contribution in [3.05, 3.63) is 65.9 Å². The van der Waals surface area contributed by atoms with Gasteiger partial charge >= 0.3 is 5.97 Å². The van der Waals surface area contributed by atoms with E-state index in [-0.39, 0.29) is 5.69 Å². The van der Waals surface area contributed by atoms with E-state index in [0.29, 0.717) is 11.3 Å². The highest BCUT2D eigenvalue weighted by atomic mass is 16.5. The number of carboxylic acid groups (broad SMARTS) is 1. The van der Waals surface area contributed by atoms with Crippen LogP contribution in [0.4, 0.5) is 0 Å². The first-order chi connectivity index (χ1) is 13.0. The smallest absolute Gasteiger partial charge is 0.322 e. The number of carbonyl (C=O) groups excluding carboxylic acids is 1. The van der Waals surface area contributed by atoms with E-state index < -0.39 is 18.4 Å². The van der Waals surface area contributed by atoms with Crippen LogP contribution in [0, 0.1) is 0 Å². The van der Waals surface area contributed by atoms with Crippen molar-refractivity contribution in [2.45, 2.75) is 6.61 Å². The minimum atomic E-state index is -1.10. The van der Waals surface area contributed by atoms with Gasteiger partial charge in [0.15, 0.2) is 0 Å². The summed E-state index contributed by atoms with van der Waals surface area (Å²) in [6.45, 7) is 0.337. The number of hydrogen-bond donors (Lipinski definition) is 2. The molecule has 2 aromatic carbocycles. The Balaban J connectivity index is 0.000000216. The fourth-order valence-corrected chi connectivity index (χ4v) is 2.50. The molecule has 2 heterocycles. The Morgan fingerprint density at radius 2 is 2.04 bits per heavy atom. The molecule has 0 fully saturated rings. The third-order valence-corrected chi connectivity index (χ3v) is 3.83. The van der Waals surface area contributed by atoms with E-state index in [2.05, 4.69) is 22.4 Å². The van der Waals surface area contributed by atoms with Crippen LogP contribution < -0.4 is 14.8 Å². The van der Waals surface area contributed by atoms with E-state index >= 15 is 0 Å². The van der Waals surface area contributed by atoms with Crippen LogP contribution in [0.5, 0.6) is 11.5 Å². The number of ether oxygens (including phenoxy) is 2. The topological polar surface area (TPSA) is 97.8 Å². The second-order valence-electron chi connectivity index (χ2n) is 5.77. The summed E-state index contributed by atoms with van der Waals surface area (Å²) in [4.78, 5) is 26.2. The number of methoxy groups -OCH3 is 1. The minimum absolute atomic E-state index is 0.180. The molecule has 4 rings (SSSR count). The van der Waals surface area contributed by atoms with Crippen LogP contribution in [0.25, 0.3) is 10.9 Å². The molecule has 0 radical (unpaired) electrons. The van der Waals surface area contributed by atoms with Crippen LogP contribution in [0.1, 0.15) is 16.1 Å². The molecule has 1 aromatic heterocycles. The molecule has 0 saturated carbocycles. The van der Waals surface area contributed by atoms with Gasteiger partial charge in [0.05, 0.1) is 12.6 Å². The predicted molar refractivity (Wildman–Crippen MR) is 99.0 cm³/mol. The van der Waals surface area contributed by atoms with Crippen LogP contribution >= 0.6 is 0 Å². The van der Waals surface area contributed by atoms with Gasteiger partial charge in [0.2, 0.25) is 0 Å². The van der Waals surface area contributed by atoms with Gasteiger partial charge < -0.3 is 19.9 Å². The summed E-state index contributed by atoms with van der Waals surface area (Å²) < 4.78 is 10.3. The van der Waals surface area contributed by atoms with Crippen LogP contribution in [-0.4, -0.2) is 35.6 Å². The summed E-state index contributed by atoms with van der Waals surface area (Å²) in [6.07, 6.45) is 0. The fraction of sp³-hybridized carbons (Fsp3) is 0.150. The highest BCUT2D eigenvalue weighted by molar-refractivity contribution is 5.96. The maximum atomic E-state index is 11.7. The van der Waals surface area contributed by atoms with E-state index in [4.69, 9.17) is 14.6 Å². The summed E-state index contributed by atoms with van der Waals surface area (Å²) >= 11 is 0. The van der Waals surface area contributed by atoms with Gasteiger partial charge in [-0.2, -0.15) is 0 Å². The van der Waals surface area contributed by atoms with Crippen molar-refractivity contribution in [1.29, 1.82) is 0 Å². The molecule has 1 amide bonds. The number of carbonyl (C=O) groups is 2. The maximum Gasteiger partial charge on any atom is 0.322 e. The van der Waals surface area contributed by atoms with Gasteiger partial charge in [-0.15, -0.1) is 0 Å². The first-order valence-electron chi connectivity index (χ1n) is 8.21. The van der Waals surface area contributed by atoms with Crippen LogP contribution in [0.2, 0.25) is 0 Å². The zero-order chi connectivity index (χ0) is 19.2. The highest BCUT2D eigenvalue weighted by Crippen LogP contribution is 2.21.